The minimum Gasteiger partial charge on any atom is -0.336 e. The van der Waals surface area contributed by atoms with Crippen molar-refractivity contribution in [3.05, 3.63) is 94.8 Å². The maximum absolute atomic E-state index is 12.7. The van der Waals surface area contributed by atoms with Crippen molar-refractivity contribution in [1.29, 1.82) is 0 Å². The van der Waals surface area contributed by atoms with Gasteiger partial charge in [0.25, 0.3) is 11.8 Å². The maximum Gasteiger partial charge on any atom is 0.255 e. The van der Waals surface area contributed by atoms with Crippen LogP contribution in [0.15, 0.2) is 72.8 Å². The van der Waals surface area contributed by atoms with Crippen LogP contribution in [0.1, 0.15) is 26.5 Å². The number of hydrogen-bond donors (Lipinski definition) is 1. The maximum atomic E-state index is 12.7. The van der Waals surface area contributed by atoms with Crippen LogP contribution in [0, 0.1) is 0 Å². The number of carbonyl (C=O) groups is 2. The zero-order chi connectivity index (χ0) is 25.1. The summed E-state index contributed by atoms with van der Waals surface area (Å²) in [6, 6.07) is 22.0. The number of imidazole rings is 1. The molecule has 36 heavy (non-hydrogen) atoms. The molecule has 5 rings (SSSR count). The van der Waals surface area contributed by atoms with Crippen molar-refractivity contribution in [3.8, 4) is 0 Å². The van der Waals surface area contributed by atoms with E-state index >= 15 is 0 Å². The van der Waals surface area contributed by atoms with Gasteiger partial charge in [0.05, 0.1) is 11.0 Å². The summed E-state index contributed by atoms with van der Waals surface area (Å²) in [7, 11) is 2.02. The second-order valence-electron chi connectivity index (χ2n) is 9.00. The number of aryl methyl sites for hydroxylation is 1. The van der Waals surface area contributed by atoms with Gasteiger partial charge in [0, 0.05) is 68.0 Å². The van der Waals surface area contributed by atoms with Crippen LogP contribution in [-0.4, -0.2) is 63.9 Å². The zero-order valence-corrected chi connectivity index (χ0v) is 20.9. The number of aromatic nitrogens is 2. The molecule has 1 aromatic heterocycles. The van der Waals surface area contributed by atoms with Gasteiger partial charge in [-0.05, 0) is 54.6 Å². The van der Waals surface area contributed by atoms with Gasteiger partial charge < -0.3 is 14.8 Å². The molecule has 2 amide bonds. The molecule has 8 heteroatoms. The van der Waals surface area contributed by atoms with Gasteiger partial charge in [-0.25, -0.2) is 4.98 Å². The summed E-state index contributed by atoms with van der Waals surface area (Å²) >= 11 is 5.92. The van der Waals surface area contributed by atoms with Gasteiger partial charge in [-0.1, -0.05) is 29.8 Å². The van der Waals surface area contributed by atoms with E-state index in [1.165, 1.54) is 0 Å². The van der Waals surface area contributed by atoms with E-state index in [2.05, 4.69) is 14.8 Å². The Morgan fingerprint density at radius 3 is 2.36 bits per heavy atom. The van der Waals surface area contributed by atoms with Crippen molar-refractivity contribution in [2.24, 2.45) is 7.05 Å². The fraction of sp³-hybridized carbons (Fsp3) is 0.250. The smallest absolute Gasteiger partial charge is 0.255 e. The quantitative estimate of drug-likeness (QED) is 0.423. The highest BCUT2D eigenvalue weighted by Gasteiger charge is 2.22. The van der Waals surface area contributed by atoms with E-state index in [-0.39, 0.29) is 11.8 Å². The molecule has 1 aliphatic rings. The Morgan fingerprint density at radius 2 is 1.64 bits per heavy atom. The minimum absolute atomic E-state index is 0.101. The van der Waals surface area contributed by atoms with Crippen molar-refractivity contribution < 1.29 is 9.59 Å². The molecule has 4 aromatic rings. The first-order valence-corrected chi connectivity index (χ1v) is 12.4. The molecule has 1 aliphatic heterocycles. The van der Waals surface area contributed by atoms with Gasteiger partial charge in [-0.2, -0.15) is 0 Å². The van der Waals surface area contributed by atoms with Gasteiger partial charge in [-0.15, -0.1) is 0 Å². The number of benzene rings is 3. The number of carbonyl (C=O) groups excluding carboxylic acids is 2. The molecule has 2 heterocycles. The summed E-state index contributed by atoms with van der Waals surface area (Å²) in [4.78, 5) is 34.4. The average molecular weight is 502 g/mol. The number of nitrogens with one attached hydrogen (secondary N) is 1. The predicted molar refractivity (Wildman–Crippen MR) is 143 cm³/mol. The number of amides is 2. The molecule has 7 nitrogen and oxygen atoms in total. The molecule has 1 N–H and O–H groups in total. The number of piperazine rings is 1. The van der Waals surface area contributed by atoms with Crippen molar-refractivity contribution in [2.45, 2.75) is 6.42 Å². The Hall–Kier alpha value is -3.68. The lowest BCUT2D eigenvalue weighted by molar-refractivity contribution is 0.0637. The van der Waals surface area contributed by atoms with Crippen molar-refractivity contribution in [1.82, 2.24) is 19.4 Å². The number of halogens is 1. The topological polar surface area (TPSA) is 70.5 Å². The van der Waals surface area contributed by atoms with Gasteiger partial charge in [0.2, 0.25) is 0 Å². The lowest BCUT2D eigenvalue weighted by Crippen LogP contribution is -2.49. The Labute approximate surface area is 215 Å². The molecule has 0 radical (unpaired) electrons. The number of hydrogen-bond acceptors (Lipinski definition) is 4. The van der Waals surface area contributed by atoms with Gasteiger partial charge in [-0.3, -0.25) is 14.5 Å². The second-order valence-corrected chi connectivity index (χ2v) is 9.44. The van der Waals surface area contributed by atoms with Crippen LogP contribution in [0.4, 0.5) is 5.69 Å². The Kier molecular flexibility index (Phi) is 7.02. The third-order valence-electron chi connectivity index (χ3n) is 6.67. The summed E-state index contributed by atoms with van der Waals surface area (Å²) in [5.74, 6) is 0.908. The molecule has 0 atom stereocenters. The molecule has 0 aliphatic carbocycles. The molecule has 0 unspecified atom stereocenters. The summed E-state index contributed by atoms with van der Waals surface area (Å²) < 4.78 is 2.11. The molecular formula is C28H28ClN5O2. The highest BCUT2D eigenvalue weighted by Crippen LogP contribution is 2.21. The van der Waals surface area contributed by atoms with E-state index in [0.29, 0.717) is 16.3 Å². The number of fused-ring (bicyclic) bond motifs is 1. The summed E-state index contributed by atoms with van der Waals surface area (Å²) in [5.41, 5.74) is 3.86. The van der Waals surface area contributed by atoms with Crippen LogP contribution < -0.4 is 5.32 Å². The molecular weight excluding hydrogens is 474 g/mol. The van der Waals surface area contributed by atoms with Gasteiger partial charge in [0.15, 0.2) is 0 Å². The third-order valence-corrected chi connectivity index (χ3v) is 6.92. The second kappa shape index (κ2) is 10.5. The first-order valence-electron chi connectivity index (χ1n) is 12.1. The normalized spacial score (nSPS) is 14.2. The largest absolute Gasteiger partial charge is 0.336 e. The van der Waals surface area contributed by atoms with Crippen molar-refractivity contribution in [2.75, 3.05) is 38.0 Å². The Bertz CT molecular complexity index is 1380. The molecule has 0 spiro atoms. The van der Waals surface area contributed by atoms with Gasteiger partial charge >= 0.3 is 0 Å². The fourth-order valence-corrected chi connectivity index (χ4v) is 4.68. The molecule has 0 bridgehead atoms. The van der Waals surface area contributed by atoms with Crippen LogP contribution in [0.3, 0.4) is 0 Å². The van der Waals surface area contributed by atoms with Crippen LogP contribution in [-0.2, 0) is 13.5 Å². The van der Waals surface area contributed by atoms with E-state index < -0.39 is 0 Å². The van der Waals surface area contributed by atoms with E-state index in [1.54, 1.807) is 24.3 Å². The number of nitrogens with zero attached hydrogens (tertiary/aromatic N) is 4. The monoisotopic (exact) mass is 501 g/mol. The van der Waals surface area contributed by atoms with E-state index in [0.717, 1.165) is 61.6 Å². The standard InChI is InChI=1S/C28H28ClN5O2/c1-32-25-12-11-23(30-27(35)20-7-9-22(29)10-8-20)19-24(25)31-26(32)13-14-33-15-17-34(18-16-33)28(36)21-5-3-2-4-6-21/h2-12,19H,13-18H2,1H3,(H,30,35). The van der Waals surface area contributed by atoms with Crippen molar-refractivity contribution in [3.63, 3.8) is 0 Å². The number of rotatable bonds is 6. The third kappa shape index (κ3) is 5.27. The molecule has 0 saturated carbocycles. The average Bonchev–Trinajstić information content (AvgIpc) is 3.22. The lowest BCUT2D eigenvalue weighted by Gasteiger charge is -2.34. The van der Waals surface area contributed by atoms with E-state index in [9.17, 15) is 9.59 Å². The first kappa shape index (κ1) is 24.0. The first-order chi connectivity index (χ1) is 17.5. The van der Waals surface area contributed by atoms with Crippen LogP contribution >= 0.6 is 11.6 Å². The molecule has 3 aromatic carbocycles. The Balaban J connectivity index is 1.18. The number of anilines is 1. The SMILES string of the molecule is Cn1c(CCN2CCN(C(=O)c3ccccc3)CC2)nc2cc(NC(=O)c3ccc(Cl)cc3)ccc21. The Morgan fingerprint density at radius 1 is 0.917 bits per heavy atom. The van der Waals surface area contributed by atoms with Crippen molar-refractivity contribution >= 4 is 40.1 Å². The van der Waals surface area contributed by atoms with E-state index in [4.69, 9.17) is 16.6 Å². The highest BCUT2D eigenvalue weighted by molar-refractivity contribution is 6.30. The lowest BCUT2D eigenvalue weighted by atomic mass is 10.2. The highest BCUT2D eigenvalue weighted by atomic mass is 35.5. The predicted octanol–water partition coefficient (Wildman–Crippen LogP) is 4.48. The van der Waals surface area contributed by atoms with Crippen LogP contribution in [0.2, 0.25) is 5.02 Å². The summed E-state index contributed by atoms with van der Waals surface area (Å²) in [6.07, 6.45) is 0.810. The summed E-state index contributed by atoms with van der Waals surface area (Å²) in [6.45, 7) is 4.04. The molecule has 1 fully saturated rings. The van der Waals surface area contributed by atoms with Gasteiger partial charge in [0.1, 0.15) is 5.82 Å². The van der Waals surface area contributed by atoms with Crippen LogP contribution in [0.5, 0.6) is 0 Å². The summed E-state index contributed by atoms with van der Waals surface area (Å²) in [5, 5.41) is 3.53. The van der Waals surface area contributed by atoms with Crippen LogP contribution in [0.25, 0.3) is 11.0 Å². The zero-order valence-electron chi connectivity index (χ0n) is 20.2. The molecule has 1 saturated heterocycles. The minimum atomic E-state index is -0.188. The fourth-order valence-electron chi connectivity index (χ4n) is 4.55. The van der Waals surface area contributed by atoms with E-state index in [1.807, 2.05) is 60.5 Å². The molecule has 184 valence electrons.